The summed E-state index contributed by atoms with van der Waals surface area (Å²) in [6.07, 6.45) is 0.812. The van der Waals surface area contributed by atoms with Crippen molar-refractivity contribution in [1.82, 2.24) is 15.2 Å². The lowest BCUT2D eigenvalue weighted by Gasteiger charge is -2.42. The number of aromatic nitrogens is 1. The minimum Gasteiger partial charge on any atom is -0.465 e. The lowest BCUT2D eigenvalue weighted by atomic mass is 9.94. The summed E-state index contributed by atoms with van der Waals surface area (Å²) >= 11 is 0. The van der Waals surface area contributed by atoms with Crippen LogP contribution in [-0.4, -0.2) is 50.4 Å². The summed E-state index contributed by atoms with van der Waals surface area (Å²) < 4.78 is 33.6. The van der Waals surface area contributed by atoms with Gasteiger partial charge in [-0.25, -0.2) is 18.6 Å². The molecule has 1 heterocycles. The van der Waals surface area contributed by atoms with Crippen molar-refractivity contribution in [2.24, 2.45) is 0 Å². The maximum atomic E-state index is 13.8. The number of halogens is 2. The molecule has 0 spiro atoms. The van der Waals surface area contributed by atoms with E-state index in [0.29, 0.717) is 5.89 Å². The SMILES string of the molecule is CC(C)(C)c1cnc(C2(NCC(O)C(Cc3cc(F)cc(F)c3)N(C(=O)O)C(C)(C)C)CC2)o1. The summed E-state index contributed by atoms with van der Waals surface area (Å²) in [5, 5.41) is 24.4. The van der Waals surface area contributed by atoms with Crippen molar-refractivity contribution in [3.05, 3.63) is 53.2 Å². The van der Waals surface area contributed by atoms with E-state index in [9.17, 15) is 23.8 Å². The van der Waals surface area contributed by atoms with Gasteiger partial charge in [0.05, 0.1) is 23.9 Å². The number of rotatable bonds is 8. The Morgan fingerprint density at radius 3 is 2.21 bits per heavy atom. The van der Waals surface area contributed by atoms with E-state index in [4.69, 9.17) is 4.42 Å². The Kier molecular flexibility index (Phi) is 7.11. The third-order valence-electron chi connectivity index (χ3n) is 6.13. The van der Waals surface area contributed by atoms with Gasteiger partial charge >= 0.3 is 6.09 Å². The van der Waals surface area contributed by atoms with E-state index < -0.39 is 41.0 Å². The van der Waals surface area contributed by atoms with Gasteiger partial charge in [0.15, 0.2) is 0 Å². The third-order valence-corrected chi connectivity index (χ3v) is 6.13. The van der Waals surface area contributed by atoms with E-state index in [1.54, 1.807) is 27.0 Å². The van der Waals surface area contributed by atoms with Gasteiger partial charge in [-0.2, -0.15) is 0 Å². The standard InChI is InChI=1S/C25H35F2N3O4/c1-23(2,3)20-14-28-21(34-20)25(7-8-25)29-13-19(31)18(30(22(32)33)24(4,5)6)11-15-9-16(26)12-17(27)10-15/h9-10,12,14,18-19,29,31H,7-8,11,13H2,1-6H3,(H,32,33). The fraction of sp³-hybridized carbons (Fsp3) is 0.600. The molecule has 2 unspecified atom stereocenters. The maximum absolute atomic E-state index is 13.8. The molecule has 34 heavy (non-hydrogen) atoms. The van der Waals surface area contributed by atoms with Gasteiger partial charge in [0.1, 0.15) is 17.4 Å². The molecule has 1 aliphatic rings. The van der Waals surface area contributed by atoms with Crippen LogP contribution in [-0.2, 0) is 17.4 Å². The summed E-state index contributed by atoms with van der Waals surface area (Å²) in [4.78, 5) is 17.7. The van der Waals surface area contributed by atoms with Crippen molar-refractivity contribution in [2.75, 3.05) is 6.54 Å². The number of hydrogen-bond acceptors (Lipinski definition) is 5. The van der Waals surface area contributed by atoms with Crippen molar-refractivity contribution in [3.8, 4) is 0 Å². The number of hydrogen-bond donors (Lipinski definition) is 3. The van der Waals surface area contributed by atoms with Gasteiger partial charge in [0, 0.05) is 23.6 Å². The van der Waals surface area contributed by atoms with Gasteiger partial charge < -0.3 is 19.9 Å². The summed E-state index contributed by atoms with van der Waals surface area (Å²) in [6.45, 7) is 11.3. The molecule has 9 heteroatoms. The molecule has 188 valence electrons. The van der Waals surface area contributed by atoms with Crippen molar-refractivity contribution in [3.63, 3.8) is 0 Å². The van der Waals surface area contributed by atoms with Crippen LogP contribution < -0.4 is 5.32 Å². The zero-order chi connectivity index (χ0) is 25.5. The van der Waals surface area contributed by atoms with Crippen molar-refractivity contribution >= 4 is 6.09 Å². The number of oxazole rings is 1. The van der Waals surface area contributed by atoms with Gasteiger partial charge in [-0.05, 0) is 57.7 Å². The number of benzene rings is 1. The maximum Gasteiger partial charge on any atom is 0.408 e. The molecule has 1 aromatic heterocycles. The Morgan fingerprint density at radius 1 is 1.18 bits per heavy atom. The molecule has 2 atom stereocenters. The van der Waals surface area contributed by atoms with Crippen molar-refractivity contribution in [2.45, 2.75) is 89.4 Å². The molecule has 0 bridgehead atoms. The second kappa shape index (κ2) is 9.26. The van der Waals surface area contributed by atoms with Crippen molar-refractivity contribution in [1.29, 1.82) is 0 Å². The largest absolute Gasteiger partial charge is 0.465 e. The lowest BCUT2D eigenvalue weighted by Crippen LogP contribution is -2.58. The molecule has 1 aromatic carbocycles. The molecular formula is C25H35F2N3O4. The Balaban J connectivity index is 1.83. The van der Waals surface area contributed by atoms with Crippen LogP contribution in [0.5, 0.6) is 0 Å². The van der Waals surface area contributed by atoms with Gasteiger partial charge in [0.2, 0.25) is 5.89 Å². The van der Waals surface area contributed by atoms with E-state index in [2.05, 4.69) is 10.3 Å². The number of carbonyl (C=O) groups is 1. The molecule has 0 aliphatic heterocycles. The van der Waals surface area contributed by atoms with Crippen LogP contribution in [0.2, 0.25) is 0 Å². The summed E-state index contributed by atoms with van der Waals surface area (Å²) in [5.74, 6) is -0.213. The van der Waals surface area contributed by atoms with Crippen LogP contribution in [0.1, 0.15) is 71.6 Å². The van der Waals surface area contributed by atoms with Crippen LogP contribution in [0.3, 0.4) is 0 Å². The Morgan fingerprint density at radius 2 is 1.76 bits per heavy atom. The van der Waals surface area contributed by atoms with Crippen LogP contribution in [0.4, 0.5) is 13.6 Å². The highest BCUT2D eigenvalue weighted by Gasteiger charge is 2.49. The normalized spacial score (nSPS) is 17.3. The van der Waals surface area contributed by atoms with Gasteiger partial charge in [-0.3, -0.25) is 4.90 Å². The predicted molar refractivity (Wildman–Crippen MR) is 124 cm³/mol. The summed E-state index contributed by atoms with van der Waals surface area (Å²) in [7, 11) is 0. The second-order valence-corrected chi connectivity index (χ2v) is 11.2. The minimum atomic E-state index is -1.22. The smallest absolute Gasteiger partial charge is 0.408 e. The molecule has 1 aliphatic carbocycles. The van der Waals surface area contributed by atoms with Crippen LogP contribution in [0.15, 0.2) is 28.8 Å². The first-order valence-corrected chi connectivity index (χ1v) is 11.5. The van der Waals surface area contributed by atoms with E-state index in [0.717, 1.165) is 41.7 Å². The van der Waals surface area contributed by atoms with E-state index in [1.807, 2.05) is 20.8 Å². The predicted octanol–water partition coefficient (Wildman–Crippen LogP) is 4.58. The Hall–Kier alpha value is -2.52. The third kappa shape index (κ3) is 5.93. The number of aliphatic hydroxyl groups is 1. The quantitative estimate of drug-likeness (QED) is 0.513. The average molecular weight is 480 g/mol. The molecule has 3 rings (SSSR count). The summed E-state index contributed by atoms with van der Waals surface area (Å²) in [5.41, 5.74) is -1.30. The number of amides is 1. The molecule has 2 aromatic rings. The fourth-order valence-electron chi connectivity index (χ4n) is 4.17. The first-order chi connectivity index (χ1) is 15.6. The molecule has 7 nitrogen and oxygen atoms in total. The molecule has 1 amide bonds. The lowest BCUT2D eigenvalue weighted by molar-refractivity contribution is 0.00606. The zero-order valence-corrected chi connectivity index (χ0v) is 20.7. The topological polar surface area (TPSA) is 98.8 Å². The summed E-state index contributed by atoms with van der Waals surface area (Å²) in [6, 6.07) is 2.12. The average Bonchev–Trinajstić information content (AvgIpc) is 3.27. The minimum absolute atomic E-state index is 0.0511. The highest BCUT2D eigenvalue weighted by Crippen LogP contribution is 2.45. The Bertz CT molecular complexity index is 1000. The first-order valence-electron chi connectivity index (χ1n) is 11.5. The molecule has 0 radical (unpaired) electrons. The fourth-order valence-corrected chi connectivity index (χ4v) is 4.17. The van der Waals surface area contributed by atoms with Gasteiger partial charge in [0.25, 0.3) is 0 Å². The van der Waals surface area contributed by atoms with E-state index in [1.165, 1.54) is 0 Å². The molecule has 0 saturated heterocycles. The van der Waals surface area contributed by atoms with Crippen LogP contribution in [0, 0.1) is 11.6 Å². The number of aliphatic hydroxyl groups excluding tert-OH is 1. The number of carboxylic acid groups (broad SMARTS) is 1. The molecule has 1 fully saturated rings. The number of nitrogens with zero attached hydrogens (tertiary/aromatic N) is 2. The van der Waals surface area contributed by atoms with E-state index >= 15 is 0 Å². The Labute approximate surface area is 199 Å². The highest BCUT2D eigenvalue weighted by molar-refractivity contribution is 5.66. The van der Waals surface area contributed by atoms with Gasteiger partial charge in [-0.15, -0.1) is 0 Å². The molecular weight excluding hydrogens is 444 g/mol. The van der Waals surface area contributed by atoms with Crippen LogP contribution in [0.25, 0.3) is 0 Å². The molecule has 1 saturated carbocycles. The van der Waals surface area contributed by atoms with Crippen molar-refractivity contribution < 1.29 is 28.2 Å². The molecule has 3 N–H and O–H groups in total. The van der Waals surface area contributed by atoms with Crippen LogP contribution >= 0.6 is 0 Å². The first kappa shape index (κ1) is 26.1. The number of nitrogens with one attached hydrogen (secondary N) is 1. The second-order valence-electron chi connectivity index (χ2n) is 11.2. The zero-order valence-electron chi connectivity index (χ0n) is 20.7. The highest BCUT2D eigenvalue weighted by atomic mass is 19.1. The van der Waals surface area contributed by atoms with E-state index in [-0.39, 0.29) is 23.9 Å². The monoisotopic (exact) mass is 479 g/mol. The van der Waals surface area contributed by atoms with Gasteiger partial charge in [-0.1, -0.05) is 20.8 Å².